The summed E-state index contributed by atoms with van der Waals surface area (Å²) in [5.41, 5.74) is 0. The summed E-state index contributed by atoms with van der Waals surface area (Å²) >= 11 is 10.2. The summed E-state index contributed by atoms with van der Waals surface area (Å²) in [6, 6.07) is 0. The van der Waals surface area contributed by atoms with Gasteiger partial charge in [0, 0.05) is 26.2 Å². The molecule has 0 atom stereocenters. The summed E-state index contributed by atoms with van der Waals surface area (Å²) in [7, 11) is 0. The summed E-state index contributed by atoms with van der Waals surface area (Å²) in [4.78, 5) is 0. The lowest BCUT2D eigenvalue weighted by molar-refractivity contribution is 0.564. The number of hydrogen-bond donors (Lipinski definition) is 6. The topological polar surface area (TPSA) is 72.2 Å². The van der Waals surface area contributed by atoms with Gasteiger partial charge in [0.25, 0.3) is 0 Å². The molecule has 150 valence electrons. The zero-order valence-electron chi connectivity index (χ0n) is 15.3. The predicted octanol–water partition coefficient (Wildman–Crippen LogP) is 1.33. The van der Waals surface area contributed by atoms with Crippen LogP contribution in [0, 0.1) is 0 Å². The first kappa shape index (κ1) is 26.5. The van der Waals surface area contributed by atoms with Crippen LogP contribution in [0.5, 0.6) is 0 Å². The van der Waals surface area contributed by atoms with Gasteiger partial charge in [-0.3, -0.25) is 0 Å². The Kier molecular flexibility index (Phi) is 22.6. The standard InChI is InChI=1S/C16H36N6S2.CH4/c1-3-19-15(23)21-13-7-11-17-9-5-6-10-18-12-8-14-22-16(24)20-4-2;/h17-18H,3-14H2,1-2H3,(H2,19,21,23)(H2,20,22,24);1H4. The fourth-order valence-corrected chi connectivity index (χ4v) is 2.52. The quantitative estimate of drug-likeness (QED) is 0.184. The van der Waals surface area contributed by atoms with Crippen molar-refractivity contribution in [2.75, 3.05) is 52.4 Å². The minimum atomic E-state index is 0. The van der Waals surface area contributed by atoms with Crippen LogP contribution in [-0.2, 0) is 0 Å². The van der Waals surface area contributed by atoms with E-state index in [1.165, 1.54) is 12.8 Å². The molecule has 6 N–H and O–H groups in total. The van der Waals surface area contributed by atoms with E-state index in [0.717, 1.165) is 75.4 Å². The molecule has 0 heterocycles. The van der Waals surface area contributed by atoms with E-state index in [1.807, 2.05) is 13.8 Å². The molecule has 0 fully saturated rings. The van der Waals surface area contributed by atoms with Gasteiger partial charge < -0.3 is 31.9 Å². The molecule has 0 aliphatic heterocycles. The molecule has 0 unspecified atom stereocenters. The Labute approximate surface area is 166 Å². The zero-order chi connectivity index (χ0) is 17.9. The van der Waals surface area contributed by atoms with E-state index >= 15 is 0 Å². The van der Waals surface area contributed by atoms with Crippen molar-refractivity contribution in [1.29, 1.82) is 0 Å². The third kappa shape index (κ3) is 21.3. The SMILES string of the molecule is C.CCNC(=S)NCCCNCCCCNCCCNC(=S)NCC. The van der Waals surface area contributed by atoms with Crippen LogP contribution in [0.1, 0.15) is 47.0 Å². The van der Waals surface area contributed by atoms with Gasteiger partial charge in [-0.25, -0.2) is 0 Å². The number of hydrogen-bond acceptors (Lipinski definition) is 4. The van der Waals surface area contributed by atoms with E-state index in [1.54, 1.807) is 0 Å². The highest BCUT2D eigenvalue weighted by molar-refractivity contribution is 7.80. The predicted molar refractivity (Wildman–Crippen MR) is 119 cm³/mol. The second kappa shape index (κ2) is 21.3. The Morgan fingerprint density at radius 3 is 1.28 bits per heavy atom. The summed E-state index contributed by atoms with van der Waals surface area (Å²) in [5, 5.41) is 21.0. The van der Waals surface area contributed by atoms with Crippen molar-refractivity contribution in [3.05, 3.63) is 0 Å². The highest BCUT2D eigenvalue weighted by atomic mass is 32.1. The first-order chi connectivity index (χ1) is 11.7. The van der Waals surface area contributed by atoms with Crippen LogP contribution in [0.2, 0.25) is 0 Å². The molecule has 0 saturated carbocycles. The zero-order valence-corrected chi connectivity index (χ0v) is 16.9. The lowest BCUT2D eigenvalue weighted by atomic mass is 10.3. The van der Waals surface area contributed by atoms with Crippen LogP contribution in [0.4, 0.5) is 0 Å². The van der Waals surface area contributed by atoms with Crippen LogP contribution in [0.15, 0.2) is 0 Å². The molecule has 0 aromatic heterocycles. The maximum Gasteiger partial charge on any atom is 0.166 e. The van der Waals surface area contributed by atoms with E-state index in [0.29, 0.717) is 0 Å². The molecule has 8 heteroatoms. The molecule has 0 amide bonds. The van der Waals surface area contributed by atoms with E-state index in [2.05, 4.69) is 31.9 Å². The van der Waals surface area contributed by atoms with Crippen molar-refractivity contribution in [3.8, 4) is 0 Å². The smallest absolute Gasteiger partial charge is 0.166 e. The Balaban J connectivity index is 0. The van der Waals surface area contributed by atoms with Gasteiger partial charge in [0.2, 0.25) is 0 Å². The second-order valence-electron chi connectivity index (χ2n) is 5.49. The summed E-state index contributed by atoms with van der Waals surface area (Å²) < 4.78 is 0. The molecular formula is C17H40N6S2. The van der Waals surface area contributed by atoms with Crippen molar-refractivity contribution in [1.82, 2.24) is 31.9 Å². The van der Waals surface area contributed by atoms with Gasteiger partial charge in [-0.1, -0.05) is 7.43 Å². The minimum Gasteiger partial charge on any atom is -0.363 e. The fraction of sp³-hybridized carbons (Fsp3) is 0.882. The molecule has 0 aliphatic carbocycles. The largest absolute Gasteiger partial charge is 0.363 e. The third-order valence-corrected chi connectivity index (χ3v) is 3.84. The molecule has 25 heavy (non-hydrogen) atoms. The number of unbranched alkanes of at least 4 members (excludes halogenated alkanes) is 1. The second-order valence-corrected chi connectivity index (χ2v) is 6.30. The molecule has 0 aromatic carbocycles. The van der Waals surface area contributed by atoms with E-state index < -0.39 is 0 Å². The summed E-state index contributed by atoms with van der Waals surface area (Å²) in [5.74, 6) is 0. The lowest BCUT2D eigenvalue weighted by Crippen LogP contribution is -2.36. The van der Waals surface area contributed by atoms with Crippen molar-refractivity contribution >= 4 is 34.7 Å². The molecule has 6 nitrogen and oxygen atoms in total. The molecule has 0 saturated heterocycles. The monoisotopic (exact) mass is 392 g/mol. The Morgan fingerprint density at radius 2 is 0.920 bits per heavy atom. The van der Waals surface area contributed by atoms with Crippen molar-refractivity contribution in [2.45, 2.75) is 47.0 Å². The third-order valence-electron chi connectivity index (χ3n) is 3.26. The number of thiocarbonyl (C=S) groups is 2. The van der Waals surface area contributed by atoms with E-state index in [-0.39, 0.29) is 7.43 Å². The number of nitrogens with one attached hydrogen (secondary N) is 6. The van der Waals surface area contributed by atoms with Gasteiger partial charge in [-0.15, -0.1) is 0 Å². The van der Waals surface area contributed by atoms with Crippen LogP contribution in [0.25, 0.3) is 0 Å². The van der Waals surface area contributed by atoms with Gasteiger partial charge in [-0.05, 0) is 90.1 Å². The molecule has 0 aliphatic rings. The first-order valence-corrected chi connectivity index (χ1v) is 9.97. The van der Waals surface area contributed by atoms with Gasteiger partial charge in [0.05, 0.1) is 0 Å². The molecule has 0 spiro atoms. The molecule has 0 radical (unpaired) electrons. The van der Waals surface area contributed by atoms with Gasteiger partial charge in [-0.2, -0.15) is 0 Å². The van der Waals surface area contributed by atoms with Crippen LogP contribution in [0.3, 0.4) is 0 Å². The van der Waals surface area contributed by atoms with Crippen molar-refractivity contribution in [3.63, 3.8) is 0 Å². The summed E-state index contributed by atoms with van der Waals surface area (Å²) in [6.07, 6.45) is 4.59. The highest BCUT2D eigenvalue weighted by Gasteiger charge is 1.94. The minimum absolute atomic E-state index is 0. The van der Waals surface area contributed by atoms with Crippen LogP contribution >= 0.6 is 24.4 Å². The van der Waals surface area contributed by atoms with Crippen molar-refractivity contribution in [2.24, 2.45) is 0 Å². The maximum absolute atomic E-state index is 5.10. The maximum atomic E-state index is 5.10. The molecule has 0 bridgehead atoms. The van der Waals surface area contributed by atoms with E-state index in [9.17, 15) is 0 Å². The molecular weight excluding hydrogens is 352 g/mol. The van der Waals surface area contributed by atoms with Gasteiger partial charge in [0.15, 0.2) is 10.2 Å². The highest BCUT2D eigenvalue weighted by Crippen LogP contribution is 1.86. The average Bonchev–Trinajstić information content (AvgIpc) is 2.55. The van der Waals surface area contributed by atoms with Crippen LogP contribution < -0.4 is 31.9 Å². The Morgan fingerprint density at radius 1 is 0.560 bits per heavy atom. The van der Waals surface area contributed by atoms with Crippen molar-refractivity contribution < 1.29 is 0 Å². The molecule has 0 rings (SSSR count). The Hall–Kier alpha value is -0.700. The van der Waals surface area contributed by atoms with Gasteiger partial charge in [0.1, 0.15) is 0 Å². The normalized spacial score (nSPS) is 9.84. The first-order valence-electron chi connectivity index (χ1n) is 9.15. The van der Waals surface area contributed by atoms with E-state index in [4.69, 9.17) is 24.4 Å². The summed E-state index contributed by atoms with van der Waals surface area (Å²) in [6.45, 7) is 11.9. The average molecular weight is 393 g/mol. The Bertz CT molecular complexity index is 286. The van der Waals surface area contributed by atoms with Gasteiger partial charge >= 0.3 is 0 Å². The number of rotatable bonds is 15. The lowest BCUT2D eigenvalue weighted by Gasteiger charge is -2.10. The fourth-order valence-electron chi connectivity index (χ4n) is 2.03. The van der Waals surface area contributed by atoms with Crippen LogP contribution in [-0.4, -0.2) is 62.6 Å². The molecule has 0 aromatic rings.